The second-order valence-electron chi connectivity index (χ2n) is 6.39. The Bertz CT molecular complexity index is 1020. The van der Waals surface area contributed by atoms with Gasteiger partial charge < -0.3 is 0 Å². The van der Waals surface area contributed by atoms with E-state index in [9.17, 15) is 18.0 Å². The molecule has 0 radical (unpaired) electrons. The van der Waals surface area contributed by atoms with E-state index in [1.165, 1.54) is 40.3 Å². The van der Waals surface area contributed by atoms with Crippen molar-refractivity contribution in [3.05, 3.63) is 58.6 Å². The summed E-state index contributed by atoms with van der Waals surface area (Å²) >= 11 is 7.51. The molecule has 2 N–H and O–H groups in total. The summed E-state index contributed by atoms with van der Waals surface area (Å²) < 4.78 is 26.5. The summed E-state index contributed by atoms with van der Waals surface area (Å²) in [6.07, 6.45) is 3.58. The number of hydrogen-bond donors (Lipinski definition) is 2. The normalized spacial score (nSPS) is 14.6. The SMILES string of the molecule is CSc1ccc(Cl)c(C(=O)NNC(=O)c2ccc(S(=O)(=O)N3CCCC3)cc2)c1. The second kappa shape index (κ2) is 9.17. The highest BCUT2D eigenvalue weighted by Gasteiger charge is 2.27. The van der Waals surface area contributed by atoms with Gasteiger partial charge in [-0.2, -0.15) is 4.31 Å². The maximum absolute atomic E-state index is 12.5. The van der Waals surface area contributed by atoms with Crippen LogP contribution in [0.25, 0.3) is 0 Å². The van der Waals surface area contributed by atoms with E-state index in [1.54, 1.807) is 18.2 Å². The summed E-state index contributed by atoms with van der Waals surface area (Å²) in [6.45, 7) is 1.02. The lowest BCUT2D eigenvalue weighted by atomic mass is 10.2. The fraction of sp³-hybridized carbons (Fsp3) is 0.263. The Hall–Kier alpha value is -2.07. The summed E-state index contributed by atoms with van der Waals surface area (Å²) in [5.41, 5.74) is 5.09. The molecule has 7 nitrogen and oxygen atoms in total. The van der Waals surface area contributed by atoms with Crippen LogP contribution in [0.5, 0.6) is 0 Å². The number of rotatable bonds is 5. The number of amides is 2. The number of carbonyl (C=O) groups excluding carboxylic acids is 2. The Kier molecular flexibility index (Phi) is 6.84. The molecule has 0 spiro atoms. The van der Waals surface area contributed by atoms with Crippen LogP contribution in [0.1, 0.15) is 33.6 Å². The lowest BCUT2D eigenvalue weighted by molar-refractivity contribution is 0.0846. The maximum atomic E-state index is 12.5. The summed E-state index contributed by atoms with van der Waals surface area (Å²) in [7, 11) is -3.54. The molecule has 1 heterocycles. The molecule has 10 heteroatoms. The zero-order valence-electron chi connectivity index (χ0n) is 15.6. The number of benzene rings is 2. The molecule has 0 saturated carbocycles. The number of hydrazine groups is 1. The Morgan fingerprint density at radius 3 is 2.24 bits per heavy atom. The van der Waals surface area contributed by atoms with Gasteiger partial charge in [0.15, 0.2) is 0 Å². The highest BCUT2D eigenvalue weighted by Crippen LogP contribution is 2.23. The van der Waals surface area contributed by atoms with E-state index >= 15 is 0 Å². The van der Waals surface area contributed by atoms with Gasteiger partial charge >= 0.3 is 0 Å². The predicted molar refractivity (Wildman–Crippen MR) is 113 cm³/mol. The van der Waals surface area contributed by atoms with Crippen molar-refractivity contribution in [1.82, 2.24) is 15.2 Å². The minimum absolute atomic E-state index is 0.139. The van der Waals surface area contributed by atoms with E-state index in [-0.39, 0.29) is 21.0 Å². The van der Waals surface area contributed by atoms with Crippen molar-refractivity contribution in [2.45, 2.75) is 22.6 Å². The van der Waals surface area contributed by atoms with E-state index in [4.69, 9.17) is 11.6 Å². The molecule has 0 aromatic heterocycles. The van der Waals surface area contributed by atoms with Crippen LogP contribution in [0.3, 0.4) is 0 Å². The Balaban J connectivity index is 1.65. The average molecular weight is 454 g/mol. The fourth-order valence-electron chi connectivity index (χ4n) is 2.91. The van der Waals surface area contributed by atoms with Crippen LogP contribution >= 0.6 is 23.4 Å². The molecule has 154 valence electrons. The first-order chi connectivity index (χ1) is 13.8. The molecule has 0 bridgehead atoms. The molecule has 1 aliphatic rings. The van der Waals surface area contributed by atoms with Gasteiger partial charge in [-0.05, 0) is 61.6 Å². The van der Waals surface area contributed by atoms with Crippen LogP contribution in [-0.4, -0.2) is 43.9 Å². The van der Waals surface area contributed by atoms with E-state index in [0.29, 0.717) is 13.1 Å². The predicted octanol–water partition coefficient (Wildman–Crippen LogP) is 2.92. The molecule has 1 saturated heterocycles. The van der Waals surface area contributed by atoms with Gasteiger partial charge in [-0.25, -0.2) is 8.42 Å². The third kappa shape index (κ3) is 4.92. The molecule has 2 amide bonds. The Morgan fingerprint density at radius 2 is 1.62 bits per heavy atom. The van der Waals surface area contributed by atoms with Gasteiger partial charge in [0.2, 0.25) is 10.0 Å². The van der Waals surface area contributed by atoms with Gasteiger partial charge in [-0.3, -0.25) is 20.4 Å². The van der Waals surface area contributed by atoms with Crippen LogP contribution in [0.2, 0.25) is 5.02 Å². The first-order valence-electron chi connectivity index (χ1n) is 8.87. The van der Waals surface area contributed by atoms with Crippen molar-refractivity contribution in [3.8, 4) is 0 Å². The van der Waals surface area contributed by atoms with Gasteiger partial charge in [0.05, 0.1) is 15.5 Å². The number of nitrogens with zero attached hydrogens (tertiary/aromatic N) is 1. The molecule has 3 rings (SSSR count). The Morgan fingerprint density at radius 1 is 1.00 bits per heavy atom. The Labute approximate surface area is 178 Å². The van der Waals surface area contributed by atoms with Gasteiger partial charge in [-0.15, -0.1) is 11.8 Å². The second-order valence-corrected chi connectivity index (χ2v) is 9.61. The number of thioether (sulfide) groups is 1. The van der Waals surface area contributed by atoms with Crippen LogP contribution in [0, 0.1) is 0 Å². The highest BCUT2D eigenvalue weighted by atomic mass is 35.5. The van der Waals surface area contributed by atoms with E-state index in [0.717, 1.165) is 17.7 Å². The summed E-state index contributed by atoms with van der Waals surface area (Å²) in [6, 6.07) is 10.6. The van der Waals surface area contributed by atoms with Crippen molar-refractivity contribution in [2.24, 2.45) is 0 Å². The van der Waals surface area contributed by atoms with Gasteiger partial charge in [0.25, 0.3) is 11.8 Å². The molecule has 0 unspecified atom stereocenters. The summed E-state index contributed by atoms with van der Waals surface area (Å²) in [5, 5.41) is 0.269. The largest absolute Gasteiger partial charge is 0.271 e. The van der Waals surface area contributed by atoms with Crippen LogP contribution < -0.4 is 10.9 Å². The van der Waals surface area contributed by atoms with E-state index in [1.807, 2.05) is 6.26 Å². The van der Waals surface area contributed by atoms with Crippen LogP contribution in [-0.2, 0) is 10.0 Å². The van der Waals surface area contributed by atoms with Crippen molar-refractivity contribution in [3.63, 3.8) is 0 Å². The zero-order chi connectivity index (χ0) is 21.0. The maximum Gasteiger partial charge on any atom is 0.271 e. The van der Waals surface area contributed by atoms with Crippen molar-refractivity contribution in [1.29, 1.82) is 0 Å². The van der Waals surface area contributed by atoms with E-state index < -0.39 is 21.8 Å². The number of nitrogens with one attached hydrogen (secondary N) is 2. The lowest BCUT2D eigenvalue weighted by Gasteiger charge is -2.15. The fourth-order valence-corrected chi connectivity index (χ4v) is 5.07. The van der Waals surface area contributed by atoms with Crippen molar-refractivity contribution < 1.29 is 18.0 Å². The smallest absolute Gasteiger partial charge is 0.267 e. The first-order valence-corrected chi connectivity index (χ1v) is 11.9. The monoisotopic (exact) mass is 453 g/mol. The molecule has 0 aliphatic carbocycles. The molecule has 1 aliphatic heterocycles. The standard InChI is InChI=1S/C19H20ClN3O4S2/c1-28-14-6-9-17(20)16(12-14)19(25)22-21-18(24)13-4-7-15(8-5-13)29(26,27)23-10-2-3-11-23/h4-9,12H,2-3,10-11H2,1H3,(H,21,24)(H,22,25). The zero-order valence-corrected chi connectivity index (χ0v) is 18.0. The van der Waals surface area contributed by atoms with Crippen molar-refractivity contribution >= 4 is 45.2 Å². The highest BCUT2D eigenvalue weighted by molar-refractivity contribution is 7.98. The summed E-state index contributed by atoms with van der Waals surface area (Å²) in [5.74, 6) is -1.12. The molecule has 1 fully saturated rings. The molecule has 0 atom stereocenters. The molecular formula is C19H20ClN3O4S2. The molecule has 2 aromatic carbocycles. The van der Waals surface area contributed by atoms with Gasteiger partial charge in [0.1, 0.15) is 0 Å². The minimum Gasteiger partial charge on any atom is -0.267 e. The average Bonchev–Trinajstić information content (AvgIpc) is 3.28. The third-order valence-electron chi connectivity index (χ3n) is 4.53. The number of carbonyl (C=O) groups is 2. The quantitative estimate of drug-likeness (QED) is 0.536. The minimum atomic E-state index is -3.54. The lowest BCUT2D eigenvalue weighted by Crippen LogP contribution is -2.41. The number of halogens is 1. The summed E-state index contributed by atoms with van der Waals surface area (Å²) in [4.78, 5) is 25.6. The third-order valence-corrected chi connectivity index (χ3v) is 7.49. The van der Waals surface area contributed by atoms with Crippen LogP contribution in [0.15, 0.2) is 52.3 Å². The van der Waals surface area contributed by atoms with Crippen molar-refractivity contribution in [2.75, 3.05) is 19.3 Å². The molecule has 2 aromatic rings. The number of hydrogen-bond acceptors (Lipinski definition) is 5. The molecule has 29 heavy (non-hydrogen) atoms. The first kappa shape index (κ1) is 21.6. The topological polar surface area (TPSA) is 95.6 Å². The molecular weight excluding hydrogens is 434 g/mol. The van der Waals surface area contributed by atoms with Crippen LogP contribution in [0.4, 0.5) is 0 Å². The van der Waals surface area contributed by atoms with E-state index in [2.05, 4.69) is 10.9 Å². The van der Waals surface area contributed by atoms with Gasteiger partial charge in [0, 0.05) is 23.5 Å². The number of sulfonamides is 1. The van der Waals surface area contributed by atoms with Gasteiger partial charge in [-0.1, -0.05) is 11.6 Å².